The molecule has 0 aromatic carbocycles. The van der Waals surface area contributed by atoms with Crippen LogP contribution < -0.4 is 10.6 Å². The van der Waals surface area contributed by atoms with E-state index in [2.05, 4.69) is 15.6 Å². The number of ether oxygens (including phenoxy) is 1. The van der Waals surface area contributed by atoms with Gasteiger partial charge in [-0.3, -0.25) is 4.79 Å². The zero-order valence-electron chi connectivity index (χ0n) is 12.1. The molecule has 7 heteroatoms. The lowest BCUT2D eigenvalue weighted by Gasteiger charge is -2.32. The molecule has 0 radical (unpaired) electrons. The summed E-state index contributed by atoms with van der Waals surface area (Å²) in [5, 5.41) is 15.6. The van der Waals surface area contributed by atoms with Crippen molar-refractivity contribution in [3.05, 3.63) is 22.0 Å². The average molecular weight is 311 g/mol. The maximum Gasteiger partial charge on any atom is 0.269 e. The van der Waals surface area contributed by atoms with Crippen LogP contribution >= 0.6 is 11.6 Å². The summed E-state index contributed by atoms with van der Waals surface area (Å²) in [6.45, 7) is 5.77. The fourth-order valence-corrected chi connectivity index (χ4v) is 2.69. The number of aromatic amines is 1. The number of nitrogens with zero attached hydrogens (tertiary/aromatic N) is 1. The molecule has 2 heterocycles. The molecule has 0 unspecified atom stereocenters. The standard InChI is InChI=1S/C14H19ClN4O2/c1-3-21-11-7-17-5-4-10(11)19-14(20)13-9(6-16)12(15)8(2)18-13/h10-11,17-18H,3-5,7H2,1-2H3,(H,19,20)/t10-,11-/m1/s1. The largest absolute Gasteiger partial charge is 0.375 e. The van der Waals surface area contributed by atoms with Crippen LogP contribution in [0.15, 0.2) is 0 Å². The van der Waals surface area contributed by atoms with Crippen molar-refractivity contribution < 1.29 is 9.53 Å². The zero-order chi connectivity index (χ0) is 15.4. The summed E-state index contributed by atoms with van der Waals surface area (Å²) in [6.07, 6.45) is 0.718. The summed E-state index contributed by atoms with van der Waals surface area (Å²) in [6, 6.07) is 1.90. The highest BCUT2D eigenvalue weighted by atomic mass is 35.5. The number of carbonyl (C=O) groups excluding carboxylic acids is 1. The van der Waals surface area contributed by atoms with Gasteiger partial charge in [0.1, 0.15) is 17.3 Å². The average Bonchev–Trinajstić information content (AvgIpc) is 2.77. The first-order valence-corrected chi connectivity index (χ1v) is 7.37. The van der Waals surface area contributed by atoms with Crippen LogP contribution in [0.3, 0.4) is 0 Å². The van der Waals surface area contributed by atoms with Gasteiger partial charge in [0.25, 0.3) is 5.91 Å². The topological polar surface area (TPSA) is 89.9 Å². The van der Waals surface area contributed by atoms with Crippen molar-refractivity contribution in [3.8, 4) is 6.07 Å². The third-order valence-corrected chi connectivity index (χ3v) is 4.05. The molecule has 0 saturated carbocycles. The van der Waals surface area contributed by atoms with Gasteiger partial charge in [-0.25, -0.2) is 0 Å². The van der Waals surface area contributed by atoms with Gasteiger partial charge in [-0.1, -0.05) is 11.6 Å². The molecule has 1 saturated heterocycles. The molecule has 21 heavy (non-hydrogen) atoms. The van der Waals surface area contributed by atoms with Gasteiger partial charge in [-0.05, 0) is 26.8 Å². The number of carbonyl (C=O) groups is 1. The quantitative estimate of drug-likeness (QED) is 0.783. The molecule has 3 N–H and O–H groups in total. The Bertz CT molecular complexity index is 562. The molecule has 0 spiro atoms. The van der Waals surface area contributed by atoms with E-state index in [1.165, 1.54) is 0 Å². The van der Waals surface area contributed by atoms with Crippen LogP contribution in [0.2, 0.25) is 5.02 Å². The van der Waals surface area contributed by atoms with E-state index < -0.39 is 0 Å². The van der Waals surface area contributed by atoms with E-state index in [1.807, 2.05) is 13.0 Å². The maximum atomic E-state index is 12.4. The Kier molecular flexibility index (Phi) is 5.23. The Morgan fingerprint density at radius 1 is 1.62 bits per heavy atom. The third-order valence-electron chi connectivity index (χ3n) is 3.57. The molecule has 1 amide bonds. The number of halogens is 1. The van der Waals surface area contributed by atoms with Crippen molar-refractivity contribution in [1.82, 2.24) is 15.6 Å². The highest BCUT2D eigenvalue weighted by molar-refractivity contribution is 6.33. The molecular formula is C14H19ClN4O2. The van der Waals surface area contributed by atoms with Crippen molar-refractivity contribution in [2.24, 2.45) is 0 Å². The first-order valence-electron chi connectivity index (χ1n) is 6.99. The molecule has 2 rings (SSSR count). The number of nitriles is 1. The minimum Gasteiger partial charge on any atom is -0.375 e. The Morgan fingerprint density at radius 2 is 2.38 bits per heavy atom. The molecule has 1 aliphatic rings. The lowest BCUT2D eigenvalue weighted by molar-refractivity contribution is 0.0208. The van der Waals surface area contributed by atoms with Crippen LogP contribution in [0.1, 0.15) is 35.1 Å². The molecule has 2 atom stereocenters. The molecule has 0 bridgehead atoms. The summed E-state index contributed by atoms with van der Waals surface area (Å²) < 4.78 is 5.64. The summed E-state index contributed by atoms with van der Waals surface area (Å²) in [7, 11) is 0. The first kappa shape index (κ1) is 15.8. The van der Waals surface area contributed by atoms with Gasteiger partial charge in [0.15, 0.2) is 0 Å². The number of H-pyrrole nitrogens is 1. The predicted octanol–water partition coefficient (Wildman–Crippen LogP) is 1.34. The fraction of sp³-hybridized carbons (Fsp3) is 0.571. The van der Waals surface area contributed by atoms with Gasteiger partial charge in [0, 0.05) is 18.8 Å². The number of aromatic nitrogens is 1. The van der Waals surface area contributed by atoms with Crippen LogP contribution in [0.5, 0.6) is 0 Å². The minimum absolute atomic E-state index is 0.0650. The van der Waals surface area contributed by atoms with E-state index >= 15 is 0 Å². The van der Waals surface area contributed by atoms with Gasteiger partial charge < -0.3 is 20.4 Å². The minimum atomic E-state index is -0.321. The number of piperidine rings is 1. The maximum absolute atomic E-state index is 12.4. The predicted molar refractivity (Wildman–Crippen MR) is 79.4 cm³/mol. The number of rotatable bonds is 4. The highest BCUT2D eigenvalue weighted by Gasteiger charge is 2.29. The SMILES string of the molecule is CCO[C@@H]1CNCC[C@H]1NC(=O)c1[nH]c(C)c(Cl)c1C#N. The smallest absolute Gasteiger partial charge is 0.269 e. The summed E-state index contributed by atoms with van der Waals surface area (Å²) in [5.74, 6) is -0.321. The molecule has 1 aromatic heterocycles. The van der Waals surface area contributed by atoms with Crippen molar-refractivity contribution >= 4 is 17.5 Å². The third kappa shape index (κ3) is 3.38. The van der Waals surface area contributed by atoms with Crippen LogP contribution in [-0.4, -0.2) is 42.7 Å². The Labute approximate surface area is 128 Å². The van der Waals surface area contributed by atoms with Gasteiger partial charge in [0.2, 0.25) is 0 Å². The second-order valence-electron chi connectivity index (χ2n) is 4.99. The normalized spacial score (nSPS) is 21.8. The van der Waals surface area contributed by atoms with Crippen LogP contribution in [0, 0.1) is 18.3 Å². The Hall–Kier alpha value is -1.55. The Morgan fingerprint density at radius 3 is 3.05 bits per heavy atom. The number of hydrogen-bond acceptors (Lipinski definition) is 4. The van der Waals surface area contributed by atoms with Crippen molar-refractivity contribution in [2.45, 2.75) is 32.4 Å². The van der Waals surface area contributed by atoms with Gasteiger partial charge in [-0.15, -0.1) is 0 Å². The Balaban J connectivity index is 2.14. The molecule has 1 fully saturated rings. The van der Waals surface area contributed by atoms with Crippen molar-refractivity contribution in [1.29, 1.82) is 5.26 Å². The van der Waals surface area contributed by atoms with Crippen molar-refractivity contribution in [2.75, 3.05) is 19.7 Å². The van der Waals surface area contributed by atoms with E-state index in [4.69, 9.17) is 21.6 Å². The van der Waals surface area contributed by atoms with Gasteiger partial charge in [-0.2, -0.15) is 5.26 Å². The molecule has 0 aliphatic carbocycles. The number of aryl methyl sites for hydroxylation is 1. The zero-order valence-corrected chi connectivity index (χ0v) is 12.9. The summed E-state index contributed by atoms with van der Waals surface area (Å²) >= 11 is 6.01. The highest BCUT2D eigenvalue weighted by Crippen LogP contribution is 2.23. The molecule has 6 nitrogen and oxygen atoms in total. The first-order chi connectivity index (χ1) is 10.1. The lowest BCUT2D eigenvalue weighted by atomic mass is 10.0. The molecular weight excluding hydrogens is 292 g/mol. The van der Waals surface area contributed by atoms with Crippen LogP contribution in [-0.2, 0) is 4.74 Å². The van der Waals surface area contributed by atoms with Crippen molar-refractivity contribution in [3.63, 3.8) is 0 Å². The number of nitrogens with one attached hydrogen (secondary N) is 3. The van der Waals surface area contributed by atoms with Crippen LogP contribution in [0.25, 0.3) is 0 Å². The summed E-state index contributed by atoms with van der Waals surface area (Å²) in [5.41, 5.74) is 1.02. The molecule has 1 aliphatic heterocycles. The van der Waals surface area contributed by atoms with Gasteiger partial charge >= 0.3 is 0 Å². The molecule has 1 aromatic rings. The van der Waals surface area contributed by atoms with Crippen LogP contribution in [0.4, 0.5) is 0 Å². The number of amides is 1. The fourth-order valence-electron chi connectivity index (χ4n) is 2.50. The second kappa shape index (κ2) is 6.94. The second-order valence-corrected chi connectivity index (χ2v) is 5.37. The summed E-state index contributed by atoms with van der Waals surface area (Å²) in [4.78, 5) is 15.3. The lowest BCUT2D eigenvalue weighted by Crippen LogP contribution is -2.54. The molecule has 114 valence electrons. The van der Waals surface area contributed by atoms with E-state index in [-0.39, 0.29) is 29.3 Å². The van der Waals surface area contributed by atoms with E-state index in [9.17, 15) is 4.79 Å². The van der Waals surface area contributed by atoms with E-state index in [0.29, 0.717) is 23.9 Å². The van der Waals surface area contributed by atoms with Gasteiger partial charge in [0.05, 0.1) is 17.2 Å². The van der Waals surface area contributed by atoms with E-state index in [0.717, 1.165) is 13.0 Å². The number of hydrogen-bond donors (Lipinski definition) is 3. The van der Waals surface area contributed by atoms with E-state index in [1.54, 1.807) is 6.92 Å². The monoisotopic (exact) mass is 310 g/mol.